The Morgan fingerprint density at radius 3 is 2.74 bits per heavy atom. The van der Waals surface area contributed by atoms with Gasteiger partial charge in [-0.1, -0.05) is 23.2 Å². The van der Waals surface area contributed by atoms with E-state index in [1.165, 1.54) is 0 Å². The highest BCUT2D eigenvalue weighted by Crippen LogP contribution is 2.34. The van der Waals surface area contributed by atoms with Gasteiger partial charge in [0.2, 0.25) is 5.91 Å². The number of nitrogens with one attached hydrogen (secondary N) is 1. The molecule has 1 N–H and O–H groups in total. The van der Waals surface area contributed by atoms with Crippen molar-refractivity contribution >= 4 is 34.8 Å². The van der Waals surface area contributed by atoms with Crippen molar-refractivity contribution < 1.29 is 9.53 Å². The van der Waals surface area contributed by atoms with Gasteiger partial charge in [0.15, 0.2) is 0 Å². The lowest BCUT2D eigenvalue weighted by atomic mass is 9.94. The Balaban J connectivity index is 1.74. The molecule has 4 rings (SSSR count). The Hall–Kier alpha value is -2.31. The average molecular weight is 405 g/mol. The smallest absolute Gasteiger partial charge is 0.224 e. The van der Waals surface area contributed by atoms with Gasteiger partial charge in [-0.2, -0.15) is 5.10 Å². The van der Waals surface area contributed by atoms with Crippen LogP contribution in [0.2, 0.25) is 10.0 Å². The van der Waals surface area contributed by atoms with Crippen molar-refractivity contribution in [3.8, 4) is 5.75 Å². The number of likely N-dealkylation sites (tertiary alicyclic amines) is 1. The molecule has 0 aliphatic carbocycles. The van der Waals surface area contributed by atoms with Crippen molar-refractivity contribution in [1.82, 2.24) is 15.3 Å². The minimum absolute atomic E-state index is 0.125. The van der Waals surface area contributed by atoms with E-state index < -0.39 is 0 Å². The molecule has 2 aliphatic heterocycles. The highest BCUT2D eigenvalue weighted by Gasteiger charge is 2.33. The third kappa shape index (κ3) is 3.35. The van der Waals surface area contributed by atoms with Gasteiger partial charge in [0.05, 0.1) is 22.9 Å². The molecule has 1 aromatic carbocycles. The standard InChI is InChI=1S/C19H18Cl2N4O2/c1-27-11-4-5-12-13(7-11)19(25-6-2-3-18(25)26)24-23-17(12)8-14-15(20)9-22-10-16(14)21/h4-5,7,9-10,19,24H,2-3,6,8H2,1H3. The van der Waals surface area contributed by atoms with Gasteiger partial charge in [-0.05, 0) is 30.2 Å². The molecule has 1 amide bonds. The van der Waals surface area contributed by atoms with E-state index in [1.807, 2.05) is 23.1 Å². The quantitative estimate of drug-likeness (QED) is 0.845. The van der Waals surface area contributed by atoms with Crippen LogP contribution in [0.1, 0.15) is 35.7 Å². The molecule has 8 heteroatoms. The molecule has 1 saturated heterocycles. The number of amides is 1. The van der Waals surface area contributed by atoms with Crippen molar-refractivity contribution in [2.24, 2.45) is 5.10 Å². The maximum atomic E-state index is 12.3. The van der Waals surface area contributed by atoms with Crippen LogP contribution in [0, 0.1) is 0 Å². The summed E-state index contributed by atoms with van der Waals surface area (Å²) in [5.41, 5.74) is 6.61. The lowest BCUT2D eigenvalue weighted by Gasteiger charge is -2.33. The summed E-state index contributed by atoms with van der Waals surface area (Å²) in [7, 11) is 1.62. The SMILES string of the molecule is COc1ccc2c(c1)C(N1CCCC1=O)NN=C2Cc1c(Cl)cncc1Cl. The second-order valence-corrected chi connectivity index (χ2v) is 7.31. The Kier molecular flexibility index (Phi) is 4.93. The highest BCUT2D eigenvalue weighted by atomic mass is 35.5. The topological polar surface area (TPSA) is 66.8 Å². The van der Waals surface area contributed by atoms with Crippen LogP contribution in [0.4, 0.5) is 0 Å². The Morgan fingerprint density at radius 2 is 2.07 bits per heavy atom. The van der Waals surface area contributed by atoms with E-state index in [0.717, 1.165) is 34.6 Å². The zero-order valence-electron chi connectivity index (χ0n) is 14.7. The summed E-state index contributed by atoms with van der Waals surface area (Å²) in [5, 5.41) is 5.55. The van der Waals surface area contributed by atoms with E-state index in [2.05, 4.69) is 15.5 Å². The first-order valence-corrected chi connectivity index (χ1v) is 9.42. The maximum Gasteiger partial charge on any atom is 0.224 e. The molecule has 2 aromatic rings. The predicted molar refractivity (Wildman–Crippen MR) is 104 cm³/mol. The molecule has 1 unspecified atom stereocenters. The zero-order valence-corrected chi connectivity index (χ0v) is 16.2. The number of fused-ring (bicyclic) bond motifs is 1. The number of halogens is 2. The molecular formula is C19H18Cl2N4O2. The summed E-state index contributed by atoms with van der Waals surface area (Å²) in [5.74, 6) is 0.855. The number of ether oxygens (including phenoxy) is 1. The lowest BCUT2D eigenvalue weighted by molar-refractivity contribution is -0.130. The summed E-state index contributed by atoms with van der Waals surface area (Å²) in [6, 6.07) is 5.80. The molecule has 0 bridgehead atoms. The monoisotopic (exact) mass is 404 g/mol. The van der Waals surface area contributed by atoms with Crippen LogP contribution in [-0.4, -0.2) is 35.2 Å². The Bertz CT molecular complexity index is 912. The highest BCUT2D eigenvalue weighted by molar-refractivity contribution is 6.36. The van der Waals surface area contributed by atoms with E-state index in [-0.39, 0.29) is 12.1 Å². The molecule has 3 heterocycles. The largest absolute Gasteiger partial charge is 0.497 e. The van der Waals surface area contributed by atoms with E-state index in [4.69, 9.17) is 27.9 Å². The van der Waals surface area contributed by atoms with Gasteiger partial charge in [0.1, 0.15) is 11.9 Å². The van der Waals surface area contributed by atoms with Crippen LogP contribution in [0.15, 0.2) is 35.7 Å². The fraction of sp³-hybridized carbons (Fsp3) is 0.316. The number of pyridine rings is 1. The Labute approximate surface area is 167 Å². The lowest BCUT2D eigenvalue weighted by Crippen LogP contribution is -2.41. The average Bonchev–Trinajstić information content (AvgIpc) is 3.10. The molecule has 27 heavy (non-hydrogen) atoms. The third-order valence-electron chi connectivity index (χ3n) is 4.90. The van der Waals surface area contributed by atoms with Gasteiger partial charge in [-0.15, -0.1) is 0 Å². The summed E-state index contributed by atoms with van der Waals surface area (Å²) in [6.45, 7) is 0.708. The summed E-state index contributed by atoms with van der Waals surface area (Å²) in [4.78, 5) is 18.1. The van der Waals surface area contributed by atoms with E-state index in [1.54, 1.807) is 19.5 Å². The first-order valence-electron chi connectivity index (χ1n) is 8.66. The van der Waals surface area contributed by atoms with E-state index >= 15 is 0 Å². The number of benzene rings is 1. The van der Waals surface area contributed by atoms with Crippen LogP contribution < -0.4 is 10.2 Å². The van der Waals surface area contributed by atoms with Crippen molar-refractivity contribution in [3.63, 3.8) is 0 Å². The minimum atomic E-state index is -0.308. The molecule has 0 saturated carbocycles. The molecule has 0 spiro atoms. The number of rotatable bonds is 4. The van der Waals surface area contributed by atoms with E-state index in [0.29, 0.717) is 29.4 Å². The maximum absolute atomic E-state index is 12.3. The summed E-state index contributed by atoms with van der Waals surface area (Å²) < 4.78 is 5.39. The molecule has 1 fully saturated rings. The number of hydrazone groups is 1. The van der Waals surface area contributed by atoms with Crippen molar-refractivity contribution in [1.29, 1.82) is 0 Å². The number of carbonyl (C=O) groups excluding carboxylic acids is 1. The zero-order chi connectivity index (χ0) is 19.0. The fourth-order valence-electron chi connectivity index (χ4n) is 3.51. The fourth-order valence-corrected chi connectivity index (χ4v) is 4.01. The summed E-state index contributed by atoms with van der Waals surface area (Å²) >= 11 is 12.6. The van der Waals surface area contributed by atoms with Crippen LogP contribution >= 0.6 is 23.2 Å². The van der Waals surface area contributed by atoms with E-state index in [9.17, 15) is 4.79 Å². The molecule has 1 aromatic heterocycles. The first kappa shape index (κ1) is 18.1. The molecule has 0 radical (unpaired) electrons. The van der Waals surface area contributed by atoms with Crippen LogP contribution in [0.3, 0.4) is 0 Å². The van der Waals surface area contributed by atoms with Gasteiger partial charge in [-0.25, -0.2) is 0 Å². The molecule has 1 atom stereocenters. The van der Waals surface area contributed by atoms with Gasteiger partial charge in [0.25, 0.3) is 0 Å². The number of hydrogen-bond acceptors (Lipinski definition) is 5. The second-order valence-electron chi connectivity index (χ2n) is 6.49. The van der Waals surface area contributed by atoms with Gasteiger partial charge in [0, 0.05) is 42.9 Å². The number of carbonyl (C=O) groups is 1. The molecule has 6 nitrogen and oxygen atoms in total. The predicted octanol–water partition coefficient (Wildman–Crippen LogP) is 3.57. The van der Waals surface area contributed by atoms with Crippen molar-refractivity contribution in [2.75, 3.05) is 13.7 Å². The van der Waals surface area contributed by atoms with Crippen LogP contribution in [0.25, 0.3) is 0 Å². The minimum Gasteiger partial charge on any atom is -0.497 e. The summed E-state index contributed by atoms with van der Waals surface area (Å²) in [6.07, 6.45) is 4.70. The normalized spacial score (nSPS) is 18.8. The molecule has 140 valence electrons. The van der Waals surface area contributed by atoms with Gasteiger partial charge < -0.3 is 9.64 Å². The van der Waals surface area contributed by atoms with Crippen LogP contribution in [-0.2, 0) is 11.2 Å². The van der Waals surface area contributed by atoms with Crippen LogP contribution in [0.5, 0.6) is 5.75 Å². The molecule has 2 aliphatic rings. The first-order chi connectivity index (χ1) is 13.1. The third-order valence-corrected chi connectivity index (χ3v) is 5.56. The van der Waals surface area contributed by atoms with Gasteiger partial charge >= 0.3 is 0 Å². The number of hydrogen-bond donors (Lipinski definition) is 1. The van der Waals surface area contributed by atoms with Crippen molar-refractivity contribution in [2.45, 2.75) is 25.4 Å². The number of aromatic nitrogens is 1. The molecular weight excluding hydrogens is 387 g/mol. The number of methoxy groups -OCH3 is 1. The second kappa shape index (κ2) is 7.37. The Morgan fingerprint density at radius 1 is 1.30 bits per heavy atom. The van der Waals surface area contributed by atoms with Crippen molar-refractivity contribution in [3.05, 3.63) is 57.3 Å². The number of nitrogens with zero attached hydrogens (tertiary/aromatic N) is 3. The van der Waals surface area contributed by atoms with Gasteiger partial charge in [-0.3, -0.25) is 15.2 Å².